The minimum Gasteiger partial charge on any atom is -0.459 e. The Morgan fingerprint density at radius 3 is 2.19 bits per heavy atom. The third-order valence-corrected chi connectivity index (χ3v) is 9.21. The van der Waals surface area contributed by atoms with E-state index in [1.54, 1.807) is 70.5 Å². The molecule has 3 N–H and O–H groups in total. The van der Waals surface area contributed by atoms with E-state index in [0.29, 0.717) is 0 Å². The van der Waals surface area contributed by atoms with Crippen LogP contribution in [-0.4, -0.2) is 76.2 Å². The first-order chi connectivity index (χ1) is 24.4. The van der Waals surface area contributed by atoms with Crippen molar-refractivity contribution in [2.24, 2.45) is 5.41 Å². The number of benzene rings is 2. The van der Waals surface area contributed by atoms with E-state index in [9.17, 15) is 24.0 Å². The number of amides is 4. The Balaban J connectivity index is 1.46. The summed E-state index contributed by atoms with van der Waals surface area (Å²) < 4.78 is 16.4. The number of carbonyl (C=O) groups excluding carboxylic acids is 5. The highest BCUT2D eigenvalue weighted by Crippen LogP contribution is 2.29. The van der Waals surface area contributed by atoms with Gasteiger partial charge in [0.15, 0.2) is 0 Å². The lowest BCUT2D eigenvalue weighted by atomic mass is 9.85. The van der Waals surface area contributed by atoms with Crippen molar-refractivity contribution >= 4 is 41.3 Å². The summed E-state index contributed by atoms with van der Waals surface area (Å²) in [6.45, 7) is 14.0. The SMILES string of the molecule is Cc1ncsc1-c1ccc(CNC(=O)[C@@H]2C[C@@H](OC(=O)C(C)NC(=O)OCc3ccccc3)CN2C(=O)[C@@H](NC(=O)OC(C)(C)C)C(C)(C)C)cc1. The molecule has 1 aliphatic heterocycles. The average molecular weight is 736 g/mol. The molecule has 14 heteroatoms. The normalized spacial score (nSPS) is 17.0. The topological polar surface area (TPSA) is 165 Å². The number of alkyl carbamates (subject to hydrolysis) is 2. The van der Waals surface area contributed by atoms with Gasteiger partial charge in [0.1, 0.15) is 36.4 Å². The first-order valence-electron chi connectivity index (χ1n) is 17.2. The summed E-state index contributed by atoms with van der Waals surface area (Å²) in [7, 11) is 0. The van der Waals surface area contributed by atoms with Crippen LogP contribution in [0.4, 0.5) is 9.59 Å². The van der Waals surface area contributed by atoms with Crippen LogP contribution in [0.3, 0.4) is 0 Å². The van der Waals surface area contributed by atoms with Crippen LogP contribution in [0.5, 0.6) is 0 Å². The van der Waals surface area contributed by atoms with E-state index in [4.69, 9.17) is 14.2 Å². The summed E-state index contributed by atoms with van der Waals surface area (Å²) in [5.74, 6) is -1.74. The number of carbonyl (C=O) groups is 5. The molecule has 1 aliphatic rings. The van der Waals surface area contributed by atoms with Crippen molar-refractivity contribution in [3.8, 4) is 10.4 Å². The molecule has 1 unspecified atom stereocenters. The molecule has 0 aliphatic carbocycles. The second-order valence-corrected chi connectivity index (χ2v) is 15.7. The number of ether oxygens (including phenoxy) is 3. The van der Waals surface area contributed by atoms with E-state index in [2.05, 4.69) is 20.9 Å². The molecule has 2 heterocycles. The zero-order valence-electron chi connectivity index (χ0n) is 31.0. The van der Waals surface area contributed by atoms with Gasteiger partial charge in [-0.1, -0.05) is 75.4 Å². The maximum atomic E-state index is 14.2. The third kappa shape index (κ3) is 11.3. The van der Waals surface area contributed by atoms with Gasteiger partial charge in [0.2, 0.25) is 11.8 Å². The van der Waals surface area contributed by atoms with E-state index in [1.807, 2.05) is 49.4 Å². The number of rotatable bonds is 11. The number of nitrogens with zero attached hydrogens (tertiary/aromatic N) is 2. The van der Waals surface area contributed by atoms with Gasteiger partial charge in [0, 0.05) is 13.0 Å². The minimum absolute atomic E-state index is 0.00137. The van der Waals surface area contributed by atoms with Gasteiger partial charge >= 0.3 is 18.2 Å². The molecule has 3 aromatic rings. The number of esters is 1. The summed E-state index contributed by atoms with van der Waals surface area (Å²) in [5, 5.41) is 8.08. The largest absolute Gasteiger partial charge is 0.459 e. The molecule has 52 heavy (non-hydrogen) atoms. The number of nitrogens with one attached hydrogen (secondary N) is 3. The number of likely N-dealkylation sites (tertiary alicyclic amines) is 1. The maximum Gasteiger partial charge on any atom is 0.408 e. The Morgan fingerprint density at radius 2 is 1.60 bits per heavy atom. The number of aromatic nitrogens is 1. The van der Waals surface area contributed by atoms with Crippen molar-refractivity contribution in [3.63, 3.8) is 0 Å². The van der Waals surface area contributed by atoms with Crippen LogP contribution in [0.2, 0.25) is 0 Å². The minimum atomic E-state index is -1.08. The standard InChI is InChI=1S/C38H49N5O8S/c1-23-30(52-22-40-23)27-16-14-25(15-17-27)19-39-32(44)29-18-28(50-34(46)24(2)41-35(47)49-21-26-12-10-9-11-13-26)20-43(29)33(45)31(37(3,4)5)42-36(48)51-38(6,7)8/h9-17,22,24,28-29,31H,18-21H2,1-8H3,(H,39,44)(H,41,47)(H,42,48)/t24?,28-,29+,31-/m1/s1. The van der Waals surface area contributed by atoms with E-state index in [1.165, 1.54) is 11.8 Å². The van der Waals surface area contributed by atoms with Crippen molar-refractivity contribution in [2.75, 3.05) is 6.54 Å². The zero-order valence-corrected chi connectivity index (χ0v) is 31.8. The molecule has 13 nitrogen and oxygen atoms in total. The molecule has 0 saturated carbocycles. The second-order valence-electron chi connectivity index (χ2n) is 14.9. The fourth-order valence-electron chi connectivity index (χ4n) is 5.54. The van der Waals surface area contributed by atoms with E-state index < -0.39 is 65.2 Å². The lowest BCUT2D eigenvalue weighted by Gasteiger charge is -2.35. The molecule has 1 saturated heterocycles. The van der Waals surface area contributed by atoms with E-state index in [0.717, 1.165) is 27.3 Å². The van der Waals surface area contributed by atoms with Gasteiger partial charge in [-0.3, -0.25) is 9.59 Å². The summed E-state index contributed by atoms with van der Waals surface area (Å²) >= 11 is 1.55. The van der Waals surface area contributed by atoms with Crippen molar-refractivity contribution in [3.05, 3.63) is 76.9 Å². The van der Waals surface area contributed by atoms with Crippen LogP contribution < -0.4 is 16.0 Å². The molecule has 280 valence electrons. The molecular formula is C38H49N5O8S. The predicted molar refractivity (Wildman–Crippen MR) is 196 cm³/mol. The summed E-state index contributed by atoms with van der Waals surface area (Å²) in [5.41, 5.74) is 3.80. The second kappa shape index (κ2) is 17.0. The fraction of sp³-hybridized carbons (Fsp3) is 0.474. The molecule has 0 bridgehead atoms. The first kappa shape index (κ1) is 39.8. The summed E-state index contributed by atoms with van der Waals surface area (Å²) in [6, 6.07) is 13.7. The highest BCUT2D eigenvalue weighted by Gasteiger charge is 2.46. The van der Waals surface area contributed by atoms with Gasteiger partial charge in [-0.25, -0.2) is 19.4 Å². The predicted octanol–water partition coefficient (Wildman–Crippen LogP) is 5.50. The van der Waals surface area contributed by atoms with Gasteiger partial charge in [0.05, 0.1) is 22.6 Å². The van der Waals surface area contributed by atoms with Crippen LogP contribution in [0.15, 0.2) is 60.1 Å². The third-order valence-electron chi connectivity index (χ3n) is 8.23. The number of thiazole rings is 1. The van der Waals surface area contributed by atoms with Crippen LogP contribution in [0, 0.1) is 12.3 Å². The van der Waals surface area contributed by atoms with E-state index >= 15 is 0 Å². The Bertz CT molecular complexity index is 1720. The van der Waals surface area contributed by atoms with Crippen LogP contribution in [0.25, 0.3) is 10.4 Å². The van der Waals surface area contributed by atoms with Crippen molar-refractivity contribution in [1.29, 1.82) is 0 Å². The molecule has 4 amide bonds. The van der Waals surface area contributed by atoms with Gasteiger partial charge in [0.25, 0.3) is 0 Å². The number of aryl methyl sites for hydroxylation is 1. The van der Waals surface area contributed by atoms with Gasteiger partial charge in [-0.05, 0) is 56.7 Å². The molecule has 1 aromatic heterocycles. The van der Waals surface area contributed by atoms with Gasteiger partial charge in [-0.15, -0.1) is 11.3 Å². The maximum absolute atomic E-state index is 14.2. The molecule has 4 rings (SSSR count). The molecule has 0 radical (unpaired) electrons. The molecule has 1 fully saturated rings. The number of hydrogen-bond acceptors (Lipinski definition) is 10. The lowest BCUT2D eigenvalue weighted by Crippen LogP contribution is -2.58. The lowest BCUT2D eigenvalue weighted by molar-refractivity contribution is -0.151. The van der Waals surface area contributed by atoms with E-state index in [-0.39, 0.29) is 26.1 Å². The monoisotopic (exact) mass is 735 g/mol. The Hall–Kier alpha value is -4.98. The molecule has 4 atom stereocenters. The van der Waals surface area contributed by atoms with Crippen LogP contribution in [0.1, 0.15) is 71.7 Å². The first-order valence-corrected chi connectivity index (χ1v) is 18.0. The quantitative estimate of drug-likeness (QED) is 0.170. The summed E-state index contributed by atoms with van der Waals surface area (Å²) in [6.07, 6.45) is -2.45. The van der Waals surface area contributed by atoms with Gasteiger partial charge in [-0.2, -0.15) is 0 Å². The summed E-state index contributed by atoms with van der Waals surface area (Å²) in [4.78, 5) is 73.0. The molecule has 2 aromatic carbocycles. The number of hydrogen-bond donors (Lipinski definition) is 3. The van der Waals surface area contributed by atoms with Crippen LogP contribution >= 0.6 is 11.3 Å². The zero-order chi connectivity index (χ0) is 38.2. The van der Waals surface area contributed by atoms with Crippen molar-refractivity contribution < 1.29 is 38.2 Å². The Labute approximate surface area is 308 Å². The Kier molecular flexibility index (Phi) is 13.0. The van der Waals surface area contributed by atoms with Gasteiger partial charge < -0.3 is 35.1 Å². The molecule has 0 spiro atoms. The fourth-order valence-corrected chi connectivity index (χ4v) is 6.35. The van der Waals surface area contributed by atoms with Crippen molar-refractivity contribution in [1.82, 2.24) is 25.8 Å². The molecular weight excluding hydrogens is 687 g/mol. The smallest absolute Gasteiger partial charge is 0.408 e. The Morgan fingerprint density at radius 1 is 0.923 bits per heavy atom. The average Bonchev–Trinajstić information content (AvgIpc) is 3.70. The highest BCUT2D eigenvalue weighted by molar-refractivity contribution is 7.13. The van der Waals surface area contributed by atoms with Crippen molar-refractivity contribution in [2.45, 2.75) is 105 Å². The highest BCUT2D eigenvalue weighted by atomic mass is 32.1. The van der Waals surface area contributed by atoms with Crippen LogP contribution in [-0.2, 0) is 41.7 Å².